The molecule has 2 heterocycles. The molecule has 5 nitrogen and oxygen atoms in total. The third kappa shape index (κ3) is 3.72. The summed E-state index contributed by atoms with van der Waals surface area (Å²) >= 11 is 0. The van der Waals surface area contributed by atoms with Crippen molar-refractivity contribution in [3.63, 3.8) is 0 Å². The Balaban J connectivity index is 1.56. The maximum absolute atomic E-state index is 14.6. The minimum absolute atomic E-state index is 0.0694. The number of likely N-dealkylation sites (tertiary alicyclic amines) is 1. The van der Waals surface area contributed by atoms with E-state index >= 15 is 0 Å². The number of amides is 1. The molecule has 0 radical (unpaired) electrons. The fraction of sp³-hybridized carbons (Fsp3) is 0.417. The maximum atomic E-state index is 14.6. The second kappa shape index (κ2) is 8.19. The number of rotatable bonds is 4. The number of carbonyl (C=O) groups is 2. The monoisotopic (exact) mass is 410 g/mol. The van der Waals surface area contributed by atoms with Gasteiger partial charge in [-0.05, 0) is 56.0 Å². The Hall–Kier alpha value is -2.73. The Morgan fingerprint density at radius 1 is 1.13 bits per heavy atom. The topological polar surface area (TPSA) is 49.9 Å². The van der Waals surface area contributed by atoms with Crippen molar-refractivity contribution in [3.8, 4) is 11.1 Å². The number of benzene rings is 2. The van der Waals surface area contributed by atoms with Crippen molar-refractivity contribution in [2.24, 2.45) is 0 Å². The Morgan fingerprint density at radius 2 is 1.90 bits per heavy atom. The number of methoxy groups -OCH3 is 1. The molecule has 2 aromatic rings. The number of halogens is 1. The van der Waals surface area contributed by atoms with Crippen molar-refractivity contribution in [2.45, 2.75) is 38.8 Å². The van der Waals surface area contributed by atoms with Crippen LogP contribution in [0.4, 0.5) is 4.39 Å². The van der Waals surface area contributed by atoms with Gasteiger partial charge in [-0.2, -0.15) is 0 Å². The van der Waals surface area contributed by atoms with E-state index in [0.29, 0.717) is 29.3 Å². The molecular formula is C24H27FN2O3. The molecule has 1 saturated heterocycles. The zero-order valence-corrected chi connectivity index (χ0v) is 17.7. The molecule has 0 aromatic heterocycles. The number of ether oxygens (including phenoxy) is 1. The molecular weight excluding hydrogens is 383 g/mol. The first-order valence-corrected chi connectivity index (χ1v) is 10.4. The Bertz CT molecular complexity index is 988. The summed E-state index contributed by atoms with van der Waals surface area (Å²) in [6, 6.07) is 10.6. The van der Waals surface area contributed by atoms with Gasteiger partial charge in [0.25, 0.3) is 5.91 Å². The summed E-state index contributed by atoms with van der Waals surface area (Å²) in [6.07, 6.45) is 1.77. The number of hydrogen-bond acceptors (Lipinski definition) is 4. The van der Waals surface area contributed by atoms with Crippen LogP contribution in [0.2, 0.25) is 0 Å². The Kier molecular flexibility index (Phi) is 5.60. The number of fused-ring (bicyclic) bond motifs is 1. The lowest BCUT2D eigenvalue weighted by atomic mass is 9.92. The molecule has 6 heteroatoms. The lowest BCUT2D eigenvalue weighted by Gasteiger charge is -2.34. The number of hydrogen-bond donors (Lipinski definition) is 0. The summed E-state index contributed by atoms with van der Waals surface area (Å²) in [7, 11) is 1.27. The highest BCUT2D eigenvalue weighted by atomic mass is 19.1. The second-order valence-corrected chi connectivity index (χ2v) is 8.34. The Labute approximate surface area is 176 Å². The zero-order chi connectivity index (χ0) is 21.4. The first-order chi connectivity index (χ1) is 14.4. The van der Waals surface area contributed by atoms with E-state index in [9.17, 15) is 14.0 Å². The van der Waals surface area contributed by atoms with Crippen molar-refractivity contribution in [1.82, 2.24) is 9.80 Å². The van der Waals surface area contributed by atoms with Crippen LogP contribution in [0.1, 0.15) is 46.5 Å². The smallest absolute Gasteiger partial charge is 0.337 e. The van der Waals surface area contributed by atoms with Gasteiger partial charge in [0.05, 0.1) is 12.7 Å². The number of esters is 1. The molecule has 4 rings (SSSR count). The summed E-state index contributed by atoms with van der Waals surface area (Å²) in [5.74, 6) is -0.985. The molecule has 2 aromatic carbocycles. The van der Waals surface area contributed by atoms with Gasteiger partial charge in [-0.25, -0.2) is 9.18 Å². The van der Waals surface area contributed by atoms with E-state index in [1.165, 1.54) is 13.2 Å². The quantitative estimate of drug-likeness (QED) is 0.721. The van der Waals surface area contributed by atoms with Crippen LogP contribution in [0.15, 0.2) is 36.4 Å². The third-order valence-electron chi connectivity index (χ3n) is 6.29. The van der Waals surface area contributed by atoms with Gasteiger partial charge >= 0.3 is 5.97 Å². The van der Waals surface area contributed by atoms with Crippen LogP contribution in [0.25, 0.3) is 11.1 Å². The minimum atomic E-state index is -0.570. The molecule has 30 heavy (non-hydrogen) atoms. The van der Waals surface area contributed by atoms with Crippen molar-refractivity contribution in [1.29, 1.82) is 0 Å². The lowest BCUT2D eigenvalue weighted by molar-refractivity contribution is 0.0599. The number of carbonyl (C=O) groups excluding carboxylic acids is 2. The van der Waals surface area contributed by atoms with E-state index in [-0.39, 0.29) is 17.5 Å². The first kappa shape index (κ1) is 20.5. The average molecular weight is 410 g/mol. The molecule has 0 spiro atoms. The van der Waals surface area contributed by atoms with Crippen molar-refractivity contribution < 1.29 is 18.7 Å². The molecule has 1 amide bonds. The van der Waals surface area contributed by atoms with Gasteiger partial charge in [0, 0.05) is 42.8 Å². The molecule has 1 fully saturated rings. The standard InChI is InChI=1S/C24H27FN2O3/c1-15(2)26-10-9-19(14-26)27-11-8-17-12-16(4-7-21(17)23(27)28)20-6-5-18(13-22(20)25)24(29)30-3/h4-7,12-13,15,19H,8-11,14H2,1-3H3/t19-/m1/s1. The van der Waals surface area contributed by atoms with E-state index in [1.807, 2.05) is 17.0 Å². The van der Waals surface area contributed by atoms with Gasteiger partial charge in [0.15, 0.2) is 0 Å². The first-order valence-electron chi connectivity index (χ1n) is 10.4. The minimum Gasteiger partial charge on any atom is -0.465 e. The summed E-state index contributed by atoms with van der Waals surface area (Å²) in [5, 5.41) is 0. The highest BCUT2D eigenvalue weighted by Gasteiger charge is 2.34. The predicted octanol–water partition coefficient (Wildman–Crippen LogP) is 3.76. The van der Waals surface area contributed by atoms with Crippen LogP contribution >= 0.6 is 0 Å². The summed E-state index contributed by atoms with van der Waals surface area (Å²) in [4.78, 5) is 29.2. The van der Waals surface area contributed by atoms with Gasteiger partial charge in [-0.1, -0.05) is 18.2 Å². The van der Waals surface area contributed by atoms with Gasteiger partial charge in [-0.15, -0.1) is 0 Å². The van der Waals surface area contributed by atoms with Crippen LogP contribution in [-0.4, -0.2) is 60.5 Å². The predicted molar refractivity (Wildman–Crippen MR) is 113 cm³/mol. The largest absolute Gasteiger partial charge is 0.465 e. The molecule has 2 aliphatic heterocycles. The van der Waals surface area contributed by atoms with E-state index < -0.39 is 11.8 Å². The summed E-state index contributed by atoms with van der Waals surface area (Å²) in [6.45, 7) is 7.02. The fourth-order valence-electron chi connectivity index (χ4n) is 4.51. The Morgan fingerprint density at radius 3 is 2.57 bits per heavy atom. The average Bonchev–Trinajstić information content (AvgIpc) is 3.23. The van der Waals surface area contributed by atoms with Crippen LogP contribution in [0.5, 0.6) is 0 Å². The van der Waals surface area contributed by atoms with Gasteiger partial charge in [0.1, 0.15) is 5.82 Å². The van der Waals surface area contributed by atoms with E-state index in [4.69, 9.17) is 0 Å². The normalized spacial score (nSPS) is 19.3. The van der Waals surface area contributed by atoms with Gasteiger partial charge < -0.3 is 9.64 Å². The van der Waals surface area contributed by atoms with Crippen molar-refractivity contribution >= 4 is 11.9 Å². The van der Waals surface area contributed by atoms with Crippen LogP contribution in [0.3, 0.4) is 0 Å². The van der Waals surface area contributed by atoms with E-state index in [1.54, 1.807) is 18.2 Å². The third-order valence-corrected chi connectivity index (χ3v) is 6.29. The maximum Gasteiger partial charge on any atom is 0.337 e. The highest BCUT2D eigenvalue weighted by Crippen LogP contribution is 2.30. The SMILES string of the molecule is COC(=O)c1ccc(-c2ccc3c(c2)CCN([C@@H]2CCN(C(C)C)C2)C3=O)c(F)c1. The molecule has 0 N–H and O–H groups in total. The van der Waals surface area contributed by atoms with Crippen molar-refractivity contribution in [3.05, 3.63) is 58.9 Å². The lowest BCUT2D eigenvalue weighted by Crippen LogP contribution is -2.46. The van der Waals surface area contributed by atoms with Crippen LogP contribution in [-0.2, 0) is 11.2 Å². The molecule has 0 aliphatic carbocycles. The zero-order valence-electron chi connectivity index (χ0n) is 17.7. The molecule has 1 atom stereocenters. The van der Waals surface area contributed by atoms with E-state index in [0.717, 1.165) is 31.5 Å². The molecule has 0 saturated carbocycles. The van der Waals surface area contributed by atoms with Gasteiger partial charge in [-0.3, -0.25) is 9.69 Å². The van der Waals surface area contributed by atoms with Gasteiger partial charge in [0.2, 0.25) is 0 Å². The van der Waals surface area contributed by atoms with E-state index in [2.05, 4.69) is 23.5 Å². The van der Waals surface area contributed by atoms with Crippen LogP contribution in [0, 0.1) is 5.82 Å². The number of nitrogens with zero attached hydrogens (tertiary/aromatic N) is 2. The highest BCUT2D eigenvalue weighted by molar-refractivity contribution is 5.97. The van der Waals surface area contributed by atoms with Crippen LogP contribution < -0.4 is 0 Å². The van der Waals surface area contributed by atoms with Crippen molar-refractivity contribution in [2.75, 3.05) is 26.7 Å². The second-order valence-electron chi connectivity index (χ2n) is 8.34. The fourth-order valence-corrected chi connectivity index (χ4v) is 4.51. The molecule has 0 unspecified atom stereocenters. The summed E-state index contributed by atoms with van der Waals surface area (Å²) in [5.41, 5.74) is 2.94. The molecule has 2 aliphatic rings. The molecule has 0 bridgehead atoms. The molecule has 158 valence electrons. The summed E-state index contributed by atoms with van der Waals surface area (Å²) < 4.78 is 19.3.